The van der Waals surface area contributed by atoms with E-state index in [-0.39, 0.29) is 11.2 Å². The molecule has 2 aromatic rings. The Hall–Kier alpha value is -2.56. The van der Waals surface area contributed by atoms with Crippen LogP contribution in [-0.4, -0.2) is 22.3 Å². The number of anilines is 1. The molecule has 1 aromatic heterocycles. The molecule has 5 heteroatoms. The lowest BCUT2D eigenvalue weighted by atomic mass is 9.75. The van der Waals surface area contributed by atoms with Crippen molar-refractivity contribution in [1.29, 1.82) is 0 Å². The van der Waals surface area contributed by atoms with Crippen LogP contribution >= 0.6 is 0 Å². The van der Waals surface area contributed by atoms with Crippen LogP contribution in [0.3, 0.4) is 0 Å². The van der Waals surface area contributed by atoms with Crippen LogP contribution < -0.4 is 11.1 Å². The molecule has 2 aliphatic rings. The minimum absolute atomic E-state index is 0.0561. The Morgan fingerprint density at radius 1 is 1.21 bits per heavy atom. The molecule has 2 aliphatic carbocycles. The fourth-order valence-electron chi connectivity index (χ4n) is 4.82. The van der Waals surface area contributed by atoms with Gasteiger partial charge in [-0.15, -0.1) is 0 Å². The average molecular weight is 393 g/mol. The summed E-state index contributed by atoms with van der Waals surface area (Å²) in [7, 11) is 0. The number of nitrogens with zero attached hydrogens (tertiary/aromatic N) is 1. The van der Waals surface area contributed by atoms with Crippen molar-refractivity contribution in [2.75, 3.05) is 5.32 Å². The van der Waals surface area contributed by atoms with E-state index < -0.39 is 5.91 Å². The second-order valence-electron chi connectivity index (χ2n) is 9.32. The summed E-state index contributed by atoms with van der Waals surface area (Å²) in [5.41, 5.74) is 10.8. The van der Waals surface area contributed by atoms with E-state index in [1.807, 2.05) is 25.3 Å². The number of nitrogens with two attached hydrogens (primary N) is 1. The summed E-state index contributed by atoms with van der Waals surface area (Å²) in [4.78, 5) is 24.8. The second kappa shape index (κ2) is 7.36. The number of benzene rings is 1. The summed E-state index contributed by atoms with van der Waals surface area (Å²) in [6.45, 7) is 6.29. The first-order valence-corrected chi connectivity index (χ1v) is 10.5. The molecule has 1 radical (unpaired) electrons. The number of rotatable bonds is 4. The molecule has 0 spiro atoms. The zero-order valence-corrected chi connectivity index (χ0v) is 17.5. The molecule has 1 amide bonds. The highest BCUT2D eigenvalue weighted by atomic mass is 16.1. The van der Waals surface area contributed by atoms with Crippen LogP contribution in [0.4, 0.5) is 5.69 Å². The van der Waals surface area contributed by atoms with E-state index in [0.717, 1.165) is 60.3 Å². The van der Waals surface area contributed by atoms with Crippen LogP contribution in [0.5, 0.6) is 0 Å². The van der Waals surface area contributed by atoms with Gasteiger partial charge in [-0.25, -0.2) is 0 Å². The van der Waals surface area contributed by atoms with Crippen LogP contribution in [0.2, 0.25) is 0 Å². The van der Waals surface area contributed by atoms with Crippen LogP contribution in [-0.2, 0) is 6.42 Å². The molecule has 0 atom stereocenters. The van der Waals surface area contributed by atoms with Gasteiger partial charge in [0.15, 0.2) is 5.78 Å². The van der Waals surface area contributed by atoms with Gasteiger partial charge >= 0.3 is 0 Å². The fraction of sp³-hybridized carbons (Fsp3) is 0.458. The monoisotopic (exact) mass is 392 g/mol. The fourth-order valence-corrected chi connectivity index (χ4v) is 4.82. The van der Waals surface area contributed by atoms with Crippen molar-refractivity contribution in [3.63, 3.8) is 0 Å². The predicted octanol–water partition coefficient (Wildman–Crippen LogP) is 4.60. The van der Waals surface area contributed by atoms with Crippen molar-refractivity contribution < 1.29 is 9.59 Å². The Bertz CT molecular complexity index is 965. The number of aromatic nitrogens is 1. The topological polar surface area (TPSA) is 77.1 Å². The number of hydrogen-bond acceptors (Lipinski definition) is 3. The Kier molecular flexibility index (Phi) is 5.01. The molecule has 153 valence electrons. The minimum atomic E-state index is -0.427. The third kappa shape index (κ3) is 3.83. The highest BCUT2D eigenvalue weighted by Crippen LogP contribution is 2.38. The van der Waals surface area contributed by atoms with Gasteiger partial charge in [-0.05, 0) is 74.6 Å². The number of amides is 1. The number of carbonyl (C=O) groups excluding carboxylic acids is 2. The SMILES string of the molecule is Cc1cn(-c2ccc(C(N)=O)c(NC3CC[CH]CC3)c2)c2c1C(=O)CC(C)(C)C2. The molecule has 0 aliphatic heterocycles. The van der Waals surface area contributed by atoms with Gasteiger partial charge in [-0.1, -0.05) is 13.8 Å². The first-order chi connectivity index (χ1) is 13.7. The first-order valence-electron chi connectivity index (χ1n) is 10.5. The van der Waals surface area contributed by atoms with Crippen molar-refractivity contribution in [2.45, 2.75) is 65.3 Å². The molecule has 5 nitrogen and oxygen atoms in total. The third-order valence-electron chi connectivity index (χ3n) is 6.21. The zero-order chi connectivity index (χ0) is 20.8. The molecule has 1 saturated carbocycles. The summed E-state index contributed by atoms with van der Waals surface area (Å²) >= 11 is 0. The van der Waals surface area contributed by atoms with Crippen molar-refractivity contribution in [2.24, 2.45) is 11.1 Å². The summed E-state index contributed by atoms with van der Waals surface area (Å²) in [5, 5.41) is 3.55. The standard InChI is InChI=1S/C24H30N3O2/c1-15-14-27(20-12-24(2,3)13-21(28)22(15)20)17-9-10-18(23(25)29)19(11-17)26-16-7-5-4-6-8-16/h4,9-11,14,16,26H,5-8,12-13H2,1-3H3,(H2,25,29). The highest BCUT2D eigenvalue weighted by molar-refractivity contribution is 6.01. The van der Waals surface area contributed by atoms with E-state index in [1.54, 1.807) is 6.07 Å². The molecule has 0 saturated heterocycles. The number of fused-ring (bicyclic) bond motifs is 1. The van der Waals surface area contributed by atoms with E-state index >= 15 is 0 Å². The Balaban J connectivity index is 1.76. The third-order valence-corrected chi connectivity index (χ3v) is 6.21. The lowest BCUT2D eigenvalue weighted by Crippen LogP contribution is -2.28. The number of Topliss-reactive ketones (excluding diaryl/α,β-unsaturated/α-hetero) is 1. The van der Waals surface area contributed by atoms with Crippen molar-refractivity contribution >= 4 is 17.4 Å². The average Bonchev–Trinajstić information content (AvgIpc) is 2.97. The van der Waals surface area contributed by atoms with Crippen molar-refractivity contribution in [3.05, 3.63) is 53.2 Å². The summed E-state index contributed by atoms with van der Waals surface area (Å²) in [6.07, 6.45) is 10.1. The van der Waals surface area contributed by atoms with E-state index in [2.05, 4.69) is 30.2 Å². The summed E-state index contributed by atoms with van der Waals surface area (Å²) < 4.78 is 2.12. The largest absolute Gasteiger partial charge is 0.382 e. The molecule has 29 heavy (non-hydrogen) atoms. The molecule has 0 unspecified atom stereocenters. The Morgan fingerprint density at radius 3 is 2.62 bits per heavy atom. The van der Waals surface area contributed by atoms with Crippen LogP contribution in [0.1, 0.15) is 77.9 Å². The number of ketones is 1. The number of nitrogens with one attached hydrogen (secondary N) is 1. The molecule has 4 rings (SSSR count). The number of carbonyl (C=O) groups is 2. The normalized spacial score (nSPS) is 19.1. The zero-order valence-electron chi connectivity index (χ0n) is 17.5. The Labute approximate surface area is 172 Å². The van der Waals surface area contributed by atoms with Crippen LogP contribution in [0.15, 0.2) is 24.4 Å². The quantitative estimate of drug-likeness (QED) is 0.798. The lowest BCUT2D eigenvalue weighted by molar-refractivity contribution is 0.0909. The number of primary amides is 1. The van der Waals surface area contributed by atoms with Gasteiger partial charge in [-0.3, -0.25) is 9.59 Å². The first kappa shape index (κ1) is 19.7. The maximum Gasteiger partial charge on any atom is 0.250 e. The van der Waals surface area contributed by atoms with Gasteiger partial charge in [0.1, 0.15) is 0 Å². The highest BCUT2D eigenvalue weighted by Gasteiger charge is 2.34. The maximum absolute atomic E-state index is 12.7. The molecular weight excluding hydrogens is 362 g/mol. The van der Waals surface area contributed by atoms with Gasteiger partial charge < -0.3 is 15.6 Å². The second-order valence-corrected chi connectivity index (χ2v) is 9.32. The Morgan fingerprint density at radius 2 is 1.93 bits per heavy atom. The van der Waals surface area contributed by atoms with E-state index in [9.17, 15) is 9.59 Å². The van der Waals surface area contributed by atoms with Gasteiger partial charge in [0.05, 0.1) is 5.56 Å². The van der Waals surface area contributed by atoms with E-state index in [4.69, 9.17) is 5.73 Å². The number of aryl methyl sites for hydroxylation is 1. The maximum atomic E-state index is 12.7. The summed E-state index contributed by atoms with van der Waals surface area (Å²) in [5.74, 6) is -0.207. The van der Waals surface area contributed by atoms with Crippen molar-refractivity contribution in [1.82, 2.24) is 4.57 Å². The minimum Gasteiger partial charge on any atom is -0.382 e. The predicted molar refractivity (Wildman–Crippen MR) is 116 cm³/mol. The molecule has 1 heterocycles. The van der Waals surface area contributed by atoms with Gasteiger partial charge in [0, 0.05) is 41.3 Å². The lowest BCUT2D eigenvalue weighted by Gasteiger charge is -2.30. The molecule has 3 N–H and O–H groups in total. The van der Waals surface area contributed by atoms with Crippen LogP contribution in [0.25, 0.3) is 5.69 Å². The summed E-state index contributed by atoms with van der Waals surface area (Å²) in [6, 6.07) is 6.07. The van der Waals surface area contributed by atoms with Gasteiger partial charge in [0.25, 0.3) is 5.91 Å². The van der Waals surface area contributed by atoms with Gasteiger partial charge in [-0.2, -0.15) is 0 Å². The van der Waals surface area contributed by atoms with Crippen LogP contribution in [0, 0.1) is 18.8 Å². The number of hydrogen-bond donors (Lipinski definition) is 2. The molecular formula is C24H30N3O2. The van der Waals surface area contributed by atoms with E-state index in [0.29, 0.717) is 18.0 Å². The smallest absolute Gasteiger partial charge is 0.250 e. The molecule has 0 bridgehead atoms. The van der Waals surface area contributed by atoms with Gasteiger partial charge in [0.2, 0.25) is 0 Å². The molecule has 1 fully saturated rings. The van der Waals surface area contributed by atoms with Crippen molar-refractivity contribution in [3.8, 4) is 5.69 Å². The molecule has 1 aromatic carbocycles. The van der Waals surface area contributed by atoms with E-state index in [1.165, 1.54) is 0 Å².